The molecule has 0 aromatic carbocycles. The number of hydrogen-bond acceptors (Lipinski definition) is 5. The van der Waals surface area contributed by atoms with Crippen molar-refractivity contribution >= 4 is 11.9 Å². The van der Waals surface area contributed by atoms with Gasteiger partial charge in [-0.3, -0.25) is 9.36 Å². The molecule has 1 rings (SSSR count). The molecule has 1 aromatic rings. The van der Waals surface area contributed by atoms with E-state index in [0.29, 0.717) is 5.82 Å². The first-order valence-corrected chi connectivity index (χ1v) is 5.08. The Balaban J connectivity index is 2.69. The summed E-state index contributed by atoms with van der Waals surface area (Å²) < 4.78 is 5.71. The predicted molar refractivity (Wildman–Crippen MR) is 58.1 cm³/mol. The van der Waals surface area contributed by atoms with Gasteiger partial charge in [-0.05, 0) is 27.7 Å². The lowest BCUT2D eigenvalue weighted by atomic mass is 9.97. The molecule has 7 nitrogen and oxygen atoms in total. The number of rotatable bonds is 2. The number of aromatic nitrogens is 3. The van der Waals surface area contributed by atoms with Gasteiger partial charge in [0.05, 0.1) is 5.41 Å². The normalized spacial score (nSPS) is 11.3. The molecule has 0 aliphatic rings. The fourth-order valence-corrected chi connectivity index (χ4v) is 1.00. The average molecular weight is 241 g/mol. The summed E-state index contributed by atoms with van der Waals surface area (Å²) in [6, 6.07) is 0. The van der Waals surface area contributed by atoms with E-state index in [2.05, 4.69) is 14.9 Å². The van der Waals surface area contributed by atoms with E-state index in [1.807, 2.05) is 0 Å². The summed E-state index contributed by atoms with van der Waals surface area (Å²) in [5, 5.41) is 5.82. The Morgan fingerprint density at radius 3 is 2.41 bits per heavy atom. The van der Waals surface area contributed by atoms with Gasteiger partial charge in [0.1, 0.15) is 12.4 Å². The molecule has 0 bridgehead atoms. The topological polar surface area (TPSA) is 94.1 Å². The Morgan fingerprint density at radius 2 is 2.00 bits per heavy atom. The van der Waals surface area contributed by atoms with E-state index in [1.54, 1.807) is 27.7 Å². The Kier molecular flexibility index (Phi) is 3.50. The third-order valence-electron chi connectivity index (χ3n) is 2.06. The molecule has 0 aliphatic heterocycles. The standard InChI is InChI=1S/C10H15N3O4/c1-6-11-12-9(16)13(6)5-7(14)17-8(15)10(2,3)4/h5H2,1-4H3,(H,12,16). The molecule has 0 atom stereocenters. The minimum atomic E-state index is -0.781. The molecule has 0 fully saturated rings. The van der Waals surface area contributed by atoms with Gasteiger partial charge in [-0.2, -0.15) is 5.10 Å². The minimum absolute atomic E-state index is 0.330. The molecule has 0 saturated heterocycles. The zero-order valence-corrected chi connectivity index (χ0v) is 10.2. The van der Waals surface area contributed by atoms with Crippen LogP contribution >= 0.6 is 0 Å². The largest absolute Gasteiger partial charge is 0.391 e. The number of nitrogens with one attached hydrogen (secondary N) is 1. The molecule has 0 aliphatic carbocycles. The van der Waals surface area contributed by atoms with Crippen molar-refractivity contribution in [3.8, 4) is 0 Å². The summed E-state index contributed by atoms with van der Waals surface area (Å²) in [7, 11) is 0. The highest BCUT2D eigenvalue weighted by molar-refractivity contribution is 5.88. The van der Waals surface area contributed by atoms with E-state index in [0.717, 1.165) is 4.57 Å². The number of nitrogens with zero attached hydrogens (tertiary/aromatic N) is 2. The summed E-state index contributed by atoms with van der Waals surface area (Å²) in [6.07, 6.45) is 0. The van der Waals surface area contributed by atoms with Crippen LogP contribution < -0.4 is 5.69 Å². The van der Waals surface area contributed by atoms with E-state index in [1.165, 1.54) is 0 Å². The third-order valence-corrected chi connectivity index (χ3v) is 2.06. The molecule has 0 radical (unpaired) electrons. The van der Waals surface area contributed by atoms with E-state index < -0.39 is 23.0 Å². The van der Waals surface area contributed by atoms with E-state index in [9.17, 15) is 14.4 Å². The lowest BCUT2D eigenvalue weighted by Crippen LogP contribution is -2.30. The van der Waals surface area contributed by atoms with Crippen LogP contribution in [0.4, 0.5) is 0 Å². The fourth-order valence-electron chi connectivity index (χ4n) is 1.00. The highest BCUT2D eigenvalue weighted by atomic mass is 16.6. The Hall–Kier alpha value is -1.92. The first-order valence-electron chi connectivity index (χ1n) is 5.08. The van der Waals surface area contributed by atoms with E-state index in [-0.39, 0.29) is 6.54 Å². The van der Waals surface area contributed by atoms with Gasteiger partial charge in [-0.1, -0.05) is 0 Å². The summed E-state index contributed by atoms with van der Waals surface area (Å²) >= 11 is 0. The second-order valence-corrected chi connectivity index (χ2v) is 4.67. The number of carbonyl (C=O) groups is 2. The Morgan fingerprint density at radius 1 is 1.41 bits per heavy atom. The lowest BCUT2D eigenvalue weighted by Gasteiger charge is -2.15. The number of ether oxygens (including phenoxy) is 1. The molecule has 1 heterocycles. The van der Waals surface area contributed by atoms with Crippen LogP contribution in [0.3, 0.4) is 0 Å². The highest BCUT2D eigenvalue weighted by Crippen LogP contribution is 2.15. The Bertz CT molecular complexity index is 492. The number of H-pyrrole nitrogens is 1. The van der Waals surface area contributed by atoms with E-state index >= 15 is 0 Å². The number of carbonyl (C=O) groups excluding carboxylic acids is 2. The maximum absolute atomic E-state index is 11.4. The fraction of sp³-hybridized carbons (Fsp3) is 0.600. The monoisotopic (exact) mass is 241 g/mol. The van der Waals surface area contributed by atoms with Crippen LogP contribution in [0.25, 0.3) is 0 Å². The molecule has 94 valence electrons. The molecular weight excluding hydrogens is 226 g/mol. The highest BCUT2D eigenvalue weighted by Gasteiger charge is 2.26. The van der Waals surface area contributed by atoms with Gasteiger partial charge in [0.25, 0.3) is 0 Å². The van der Waals surface area contributed by atoms with Crippen LogP contribution in [0.5, 0.6) is 0 Å². The number of esters is 2. The molecule has 0 unspecified atom stereocenters. The van der Waals surface area contributed by atoms with Crippen molar-refractivity contribution in [2.24, 2.45) is 5.41 Å². The van der Waals surface area contributed by atoms with Gasteiger partial charge < -0.3 is 4.74 Å². The smallest absolute Gasteiger partial charge is 0.343 e. The summed E-state index contributed by atoms with van der Waals surface area (Å²) in [5.74, 6) is -1.05. The molecule has 1 N–H and O–H groups in total. The van der Waals surface area contributed by atoms with Crippen LogP contribution in [-0.2, 0) is 20.9 Å². The van der Waals surface area contributed by atoms with E-state index in [4.69, 9.17) is 0 Å². The minimum Gasteiger partial charge on any atom is -0.391 e. The van der Waals surface area contributed by atoms with Crippen LogP contribution in [0.1, 0.15) is 26.6 Å². The number of aromatic amines is 1. The van der Waals surface area contributed by atoms with Gasteiger partial charge in [-0.25, -0.2) is 14.7 Å². The Labute approximate surface area is 97.8 Å². The lowest BCUT2D eigenvalue weighted by molar-refractivity contribution is -0.166. The zero-order valence-electron chi connectivity index (χ0n) is 10.2. The van der Waals surface area contributed by atoms with Gasteiger partial charge in [0, 0.05) is 0 Å². The molecule has 0 amide bonds. The molecule has 7 heteroatoms. The first-order chi connectivity index (χ1) is 7.71. The van der Waals surface area contributed by atoms with Gasteiger partial charge >= 0.3 is 17.6 Å². The molecule has 17 heavy (non-hydrogen) atoms. The van der Waals surface area contributed by atoms with Crippen LogP contribution in [0.2, 0.25) is 0 Å². The third kappa shape index (κ3) is 3.27. The number of hydrogen-bond donors (Lipinski definition) is 1. The van der Waals surface area contributed by atoms with Crippen molar-refractivity contribution < 1.29 is 14.3 Å². The average Bonchev–Trinajstić information content (AvgIpc) is 2.48. The quantitative estimate of drug-likeness (QED) is 0.580. The second-order valence-electron chi connectivity index (χ2n) is 4.67. The second kappa shape index (κ2) is 4.52. The van der Waals surface area contributed by atoms with Crippen molar-refractivity contribution in [3.05, 3.63) is 16.3 Å². The van der Waals surface area contributed by atoms with Crippen molar-refractivity contribution in [2.75, 3.05) is 0 Å². The molecular formula is C10H15N3O4. The number of aryl methyl sites for hydroxylation is 1. The van der Waals surface area contributed by atoms with Crippen molar-refractivity contribution in [1.82, 2.24) is 14.8 Å². The van der Waals surface area contributed by atoms with Crippen LogP contribution in [0.15, 0.2) is 4.79 Å². The summed E-state index contributed by atoms with van der Waals surface area (Å²) in [4.78, 5) is 34.1. The zero-order chi connectivity index (χ0) is 13.2. The van der Waals surface area contributed by atoms with Crippen molar-refractivity contribution in [2.45, 2.75) is 34.2 Å². The van der Waals surface area contributed by atoms with Crippen molar-refractivity contribution in [3.63, 3.8) is 0 Å². The van der Waals surface area contributed by atoms with Gasteiger partial charge in [0.15, 0.2) is 0 Å². The van der Waals surface area contributed by atoms with Gasteiger partial charge in [0.2, 0.25) is 0 Å². The van der Waals surface area contributed by atoms with Gasteiger partial charge in [-0.15, -0.1) is 0 Å². The first kappa shape index (κ1) is 13.1. The maximum Gasteiger partial charge on any atom is 0.343 e. The molecule has 1 aromatic heterocycles. The molecule has 0 spiro atoms. The van der Waals surface area contributed by atoms with Crippen molar-refractivity contribution in [1.29, 1.82) is 0 Å². The summed E-state index contributed by atoms with van der Waals surface area (Å²) in [6.45, 7) is 6.15. The summed E-state index contributed by atoms with van der Waals surface area (Å²) in [5.41, 5.74) is -1.27. The maximum atomic E-state index is 11.4. The van der Waals surface area contributed by atoms with Crippen LogP contribution in [-0.4, -0.2) is 26.7 Å². The SMILES string of the molecule is Cc1n[nH]c(=O)n1CC(=O)OC(=O)C(C)(C)C. The predicted octanol–water partition coefficient (Wildman–Crippen LogP) is -0.00428. The molecule has 0 saturated carbocycles. The van der Waals surface area contributed by atoms with Crippen LogP contribution in [0, 0.1) is 12.3 Å².